The number of hydrogen-bond acceptors (Lipinski definition) is 5. The zero-order valence-corrected chi connectivity index (χ0v) is 15.1. The highest BCUT2D eigenvalue weighted by Gasteiger charge is 2.17. The van der Waals surface area contributed by atoms with E-state index in [1.54, 1.807) is 12.1 Å². The van der Waals surface area contributed by atoms with E-state index in [9.17, 15) is 14.4 Å². The Bertz CT molecular complexity index is 870. The maximum atomic E-state index is 12.3. The summed E-state index contributed by atoms with van der Waals surface area (Å²) in [6.07, 6.45) is 1.91. The lowest BCUT2D eigenvalue weighted by Crippen LogP contribution is -2.37. The summed E-state index contributed by atoms with van der Waals surface area (Å²) in [6.45, 7) is 2.81. The number of nitrogens with one attached hydrogen (secondary N) is 2. The van der Waals surface area contributed by atoms with Crippen LogP contribution in [0.15, 0.2) is 41.2 Å². The van der Waals surface area contributed by atoms with Crippen LogP contribution in [0.1, 0.15) is 28.9 Å². The Labute approximate surface area is 156 Å². The number of hydrogen-bond donors (Lipinski definition) is 2. The molecule has 3 rings (SSSR count). The van der Waals surface area contributed by atoms with Gasteiger partial charge in [-0.05, 0) is 38.0 Å². The second-order valence-electron chi connectivity index (χ2n) is 6.47. The summed E-state index contributed by atoms with van der Waals surface area (Å²) in [5, 5.41) is 9.45. The maximum Gasteiger partial charge on any atom is 0.276 e. The minimum absolute atomic E-state index is 0.0188. The van der Waals surface area contributed by atoms with Crippen molar-refractivity contribution in [3.05, 3.63) is 58.0 Å². The molecule has 0 aliphatic carbocycles. The molecule has 0 unspecified atom stereocenters. The Balaban J connectivity index is 1.62. The van der Waals surface area contributed by atoms with Crippen LogP contribution in [0.3, 0.4) is 0 Å². The fourth-order valence-electron chi connectivity index (χ4n) is 2.74. The van der Waals surface area contributed by atoms with Gasteiger partial charge in [0.15, 0.2) is 0 Å². The molecule has 8 heteroatoms. The first-order valence-corrected chi connectivity index (χ1v) is 8.86. The number of nitrogens with zero attached hydrogens (tertiary/aromatic N) is 2. The molecule has 8 nitrogen and oxygen atoms in total. The number of carbonyl (C=O) groups is 2. The standard InChI is InChI=1S/C19H22N4O4/c1-13-4-6-14(7-5-13)21-19(26)16-8-9-18(25)23(22-16)12-17(24)20-11-15-3-2-10-27-15/h4-9,15H,2-3,10-12H2,1H3,(H,20,24)(H,21,26)/t15-/m0/s1. The van der Waals surface area contributed by atoms with Gasteiger partial charge in [-0.3, -0.25) is 14.4 Å². The van der Waals surface area contributed by atoms with Gasteiger partial charge < -0.3 is 15.4 Å². The van der Waals surface area contributed by atoms with Gasteiger partial charge in [0.1, 0.15) is 12.2 Å². The van der Waals surface area contributed by atoms with Crippen LogP contribution >= 0.6 is 0 Å². The van der Waals surface area contributed by atoms with E-state index in [0.717, 1.165) is 23.1 Å². The zero-order valence-electron chi connectivity index (χ0n) is 15.1. The second kappa shape index (κ2) is 8.59. The third-order valence-corrected chi connectivity index (χ3v) is 4.25. The molecule has 1 aliphatic rings. The van der Waals surface area contributed by atoms with Crippen molar-refractivity contribution in [2.45, 2.75) is 32.4 Å². The Morgan fingerprint density at radius 2 is 2.00 bits per heavy atom. The lowest BCUT2D eigenvalue weighted by atomic mass is 10.2. The normalized spacial score (nSPS) is 16.1. The van der Waals surface area contributed by atoms with Crippen molar-refractivity contribution < 1.29 is 14.3 Å². The van der Waals surface area contributed by atoms with E-state index in [2.05, 4.69) is 15.7 Å². The van der Waals surface area contributed by atoms with Crippen molar-refractivity contribution in [1.82, 2.24) is 15.1 Å². The highest BCUT2D eigenvalue weighted by Crippen LogP contribution is 2.11. The minimum atomic E-state index is -0.452. The molecule has 2 N–H and O–H groups in total. The summed E-state index contributed by atoms with van der Waals surface area (Å²) in [7, 11) is 0. The quantitative estimate of drug-likeness (QED) is 0.793. The number of benzene rings is 1. The summed E-state index contributed by atoms with van der Waals surface area (Å²) in [5.41, 5.74) is 1.31. The predicted molar refractivity (Wildman–Crippen MR) is 99.6 cm³/mol. The van der Waals surface area contributed by atoms with Crippen LogP contribution in [0.25, 0.3) is 0 Å². The van der Waals surface area contributed by atoms with Crippen LogP contribution in [-0.2, 0) is 16.1 Å². The Morgan fingerprint density at radius 1 is 1.22 bits per heavy atom. The Hall–Kier alpha value is -3.00. The Kier molecular flexibility index (Phi) is 5.97. The first-order chi connectivity index (χ1) is 13.0. The van der Waals surface area contributed by atoms with Gasteiger partial charge in [-0.25, -0.2) is 4.68 Å². The van der Waals surface area contributed by atoms with Crippen LogP contribution in [0, 0.1) is 6.92 Å². The van der Waals surface area contributed by atoms with Gasteiger partial charge in [-0.1, -0.05) is 17.7 Å². The first kappa shape index (κ1) is 18.8. The number of aromatic nitrogens is 2. The molecule has 2 amide bonds. The molecule has 0 bridgehead atoms. The maximum absolute atomic E-state index is 12.3. The van der Waals surface area contributed by atoms with E-state index in [1.165, 1.54) is 12.1 Å². The number of rotatable bonds is 6. The monoisotopic (exact) mass is 370 g/mol. The van der Waals surface area contributed by atoms with E-state index in [0.29, 0.717) is 18.8 Å². The lowest BCUT2D eigenvalue weighted by Gasteiger charge is -2.11. The third kappa shape index (κ3) is 5.24. The highest BCUT2D eigenvalue weighted by molar-refractivity contribution is 6.02. The molecular formula is C19H22N4O4. The van der Waals surface area contributed by atoms with Gasteiger partial charge >= 0.3 is 0 Å². The fourth-order valence-corrected chi connectivity index (χ4v) is 2.74. The van der Waals surface area contributed by atoms with E-state index < -0.39 is 11.5 Å². The molecular weight excluding hydrogens is 348 g/mol. The van der Waals surface area contributed by atoms with Crippen LogP contribution in [0.4, 0.5) is 5.69 Å². The number of ether oxygens (including phenoxy) is 1. The molecule has 142 valence electrons. The molecule has 2 heterocycles. The molecule has 0 radical (unpaired) electrons. The summed E-state index contributed by atoms with van der Waals surface area (Å²) >= 11 is 0. The number of carbonyl (C=O) groups excluding carboxylic acids is 2. The summed E-state index contributed by atoms with van der Waals surface area (Å²) in [4.78, 5) is 36.4. The van der Waals surface area contributed by atoms with Crippen molar-refractivity contribution in [3.8, 4) is 0 Å². The molecule has 27 heavy (non-hydrogen) atoms. The van der Waals surface area contributed by atoms with Gasteiger partial charge in [-0.15, -0.1) is 0 Å². The molecule has 2 aromatic rings. The molecule has 1 atom stereocenters. The average Bonchev–Trinajstić information content (AvgIpc) is 3.17. The molecule has 1 fully saturated rings. The van der Waals surface area contributed by atoms with Crippen LogP contribution in [0.5, 0.6) is 0 Å². The SMILES string of the molecule is Cc1ccc(NC(=O)c2ccc(=O)n(CC(=O)NC[C@@H]3CCCO3)n2)cc1. The summed E-state index contributed by atoms with van der Waals surface area (Å²) < 4.78 is 6.42. The van der Waals surface area contributed by atoms with E-state index in [-0.39, 0.29) is 24.2 Å². The smallest absolute Gasteiger partial charge is 0.276 e. The average molecular weight is 370 g/mol. The molecule has 1 saturated heterocycles. The third-order valence-electron chi connectivity index (χ3n) is 4.25. The fraction of sp³-hybridized carbons (Fsp3) is 0.368. The van der Waals surface area contributed by atoms with Gasteiger partial charge in [0.05, 0.1) is 6.10 Å². The molecule has 1 aliphatic heterocycles. The largest absolute Gasteiger partial charge is 0.376 e. The molecule has 0 saturated carbocycles. The van der Waals surface area contributed by atoms with Crippen molar-refractivity contribution in [1.29, 1.82) is 0 Å². The van der Waals surface area contributed by atoms with Gasteiger partial charge in [0, 0.05) is 24.9 Å². The van der Waals surface area contributed by atoms with Crippen molar-refractivity contribution in [2.24, 2.45) is 0 Å². The van der Waals surface area contributed by atoms with Gasteiger partial charge in [0.25, 0.3) is 11.5 Å². The van der Waals surface area contributed by atoms with Crippen LogP contribution < -0.4 is 16.2 Å². The zero-order chi connectivity index (χ0) is 19.2. The van der Waals surface area contributed by atoms with Crippen molar-refractivity contribution in [2.75, 3.05) is 18.5 Å². The lowest BCUT2D eigenvalue weighted by molar-refractivity contribution is -0.122. The van der Waals surface area contributed by atoms with Crippen molar-refractivity contribution in [3.63, 3.8) is 0 Å². The van der Waals surface area contributed by atoms with Crippen LogP contribution in [-0.4, -0.2) is 40.9 Å². The summed E-state index contributed by atoms with van der Waals surface area (Å²) in [6, 6.07) is 9.88. The minimum Gasteiger partial charge on any atom is -0.376 e. The number of anilines is 1. The topological polar surface area (TPSA) is 102 Å². The van der Waals surface area contributed by atoms with E-state index in [1.807, 2.05) is 19.1 Å². The molecule has 1 aromatic carbocycles. The highest BCUT2D eigenvalue weighted by atomic mass is 16.5. The molecule has 0 spiro atoms. The van der Waals surface area contributed by atoms with E-state index >= 15 is 0 Å². The summed E-state index contributed by atoms with van der Waals surface area (Å²) in [5.74, 6) is -0.802. The van der Waals surface area contributed by atoms with E-state index in [4.69, 9.17) is 4.74 Å². The predicted octanol–water partition coefficient (Wildman–Crippen LogP) is 1.10. The van der Waals surface area contributed by atoms with Gasteiger partial charge in [-0.2, -0.15) is 5.10 Å². The second-order valence-corrected chi connectivity index (χ2v) is 6.47. The van der Waals surface area contributed by atoms with Crippen molar-refractivity contribution >= 4 is 17.5 Å². The number of amides is 2. The van der Waals surface area contributed by atoms with Gasteiger partial charge in [0.2, 0.25) is 5.91 Å². The number of aryl methyl sites for hydroxylation is 1. The Morgan fingerprint density at radius 3 is 2.70 bits per heavy atom. The van der Waals surface area contributed by atoms with Crippen LogP contribution in [0.2, 0.25) is 0 Å². The molecule has 1 aromatic heterocycles. The first-order valence-electron chi connectivity index (χ1n) is 8.86.